The molecule has 0 saturated carbocycles. The molecule has 0 aromatic heterocycles. The van der Waals surface area contributed by atoms with Gasteiger partial charge in [-0.3, -0.25) is 15.4 Å². The Labute approximate surface area is 85.7 Å². The number of hydrogen-bond acceptors (Lipinski definition) is 3. The van der Waals surface area contributed by atoms with Gasteiger partial charge in [-0.2, -0.15) is 0 Å². The molecule has 0 unspecified atom stereocenters. The molecule has 0 fully saturated rings. The summed E-state index contributed by atoms with van der Waals surface area (Å²) in [4.78, 5) is 20.5. The molecule has 0 spiro atoms. The quantitative estimate of drug-likeness (QED) is 0.578. The summed E-state index contributed by atoms with van der Waals surface area (Å²) in [5.74, 6) is 0. The van der Waals surface area contributed by atoms with Crippen LogP contribution in [-0.2, 0) is 0 Å². The molecule has 6 heteroatoms. The van der Waals surface area contributed by atoms with Gasteiger partial charge in [-0.1, -0.05) is 6.07 Å². The predicted octanol–water partition coefficient (Wildman–Crippen LogP) is 2.30. The van der Waals surface area contributed by atoms with Crippen molar-refractivity contribution >= 4 is 17.5 Å². The average molecular weight is 210 g/mol. The fraction of sp³-hybridized carbons (Fsp3) is 0.222. The van der Waals surface area contributed by atoms with E-state index in [0.29, 0.717) is 5.56 Å². The molecule has 1 aromatic carbocycles. The van der Waals surface area contributed by atoms with Crippen LogP contribution in [0.3, 0.4) is 0 Å². The van der Waals surface area contributed by atoms with Crippen LogP contribution >= 0.6 is 0 Å². The highest BCUT2D eigenvalue weighted by molar-refractivity contribution is 5.88. The summed E-state index contributed by atoms with van der Waals surface area (Å²) in [6.07, 6.45) is -1.31. The number of benzene rings is 1. The van der Waals surface area contributed by atoms with E-state index >= 15 is 0 Å². The van der Waals surface area contributed by atoms with Gasteiger partial charge in [0, 0.05) is 6.07 Å². The van der Waals surface area contributed by atoms with E-state index < -0.39 is 11.0 Å². The molecule has 1 amide bonds. The molecule has 1 aromatic rings. The molecular weight excluding hydrogens is 200 g/mol. The number of hydrogen-bond donors (Lipinski definition) is 2. The molecule has 0 bridgehead atoms. The minimum atomic E-state index is -1.31. The van der Waals surface area contributed by atoms with Crippen LogP contribution in [-0.4, -0.2) is 16.1 Å². The molecule has 1 rings (SSSR count). The molecule has 80 valence electrons. The molecule has 0 aliphatic heterocycles. The van der Waals surface area contributed by atoms with Gasteiger partial charge in [0.2, 0.25) is 0 Å². The van der Waals surface area contributed by atoms with E-state index in [1.807, 2.05) is 5.32 Å². The van der Waals surface area contributed by atoms with E-state index in [0.717, 1.165) is 5.56 Å². The summed E-state index contributed by atoms with van der Waals surface area (Å²) < 4.78 is 0. The lowest BCUT2D eigenvalue weighted by Gasteiger charge is -2.07. The third kappa shape index (κ3) is 2.43. The summed E-state index contributed by atoms with van der Waals surface area (Å²) >= 11 is 0. The zero-order valence-electron chi connectivity index (χ0n) is 8.27. The van der Waals surface area contributed by atoms with Crippen molar-refractivity contribution in [3.63, 3.8) is 0 Å². The van der Waals surface area contributed by atoms with Crippen molar-refractivity contribution in [3.8, 4) is 0 Å². The zero-order chi connectivity index (χ0) is 11.6. The Balaban J connectivity index is 3.33. The first-order valence-corrected chi connectivity index (χ1v) is 4.17. The van der Waals surface area contributed by atoms with Crippen molar-refractivity contribution in [3.05, 3.63) is 33.4 Å². The van der Waals surface area contributed by atoms with Crippen LogP contribution in [0.1, 0.15) is 11.1 Å². The maximum atomic E-state index is 10.7. The van der Waals surface area contributed by atoms with Crippen molar-refractivity contribution < 1.29 is 14.8 Å². The number of rotatable bonds is 2. The number of nitrogens with one attached hydrogen (secondary N) is 1. The lowest BCUT2D eigenvalue weighted by Crippen LogP contribution is -2.10. The number of amides is 1. The first kappa shape index (κ1) is 11.0. The van der Waals surface area contributed by atoms with E-state index in [1.165, 1.54) is 6.07 Å². The minimum absolute atomic E-state index is 0.0260. The third-order valence-corrected chi connectivity index (χ3v) is 1.89. The van der Waals surface area contributed by atoms with Crippen molar-refractivity contribution in [2.75, 3.05) is 5.32 Å². The first-order valence-electron chi connectivity index (χ1n) is 4.17. The minimum Gasteiger partial charge on any atom is -0.465 e. The molecule has 0 saturated heterocycles. The fourth-order valence-electron chi connectivity index (χ4n) is 1.36. The molecular formula is C9H10N2O4. The SMILES string of the molecule is Cc1cc(C)c(NC(=O)O)c([N+](=O)[O-])c1. The van der Waals surface area contributed by atoms with Crippen molar-refractivity contribution in [2.24, 2.45) is 0 Å². The smallest absolute Gasteiger partial charge is 0.409 e. The lowest BCUT2D eigenvalue weighted by molar-refractivity contribution is -0.384. The highest BCUT2D eigenvalue weighted by Gasteiger charge is 2.18. The summed E-state index contributed by atoms with van der Waals surface area (Å²) in [5, 5.41) is 21.2. The Morgan fingerprint density at radius 3 is 2.53 bits per heavy atom. The molecule has 0 aliphatic rings. The monoisotopic (exact) mass is 210 g/mol. The van der Waals surface area contributed by atoms with Gasteiger partial charge in [-0.05, 0) is 25.0 Å². The Morgan fingerprint density at radius 2 is 2.07 bits per heavy atom. The standard InChI is InChI=1S/C9H10N2O4/c1-5-3-6(2)8(10-9(12)13)7(4-5)11(14)15/h3-4,10H,1-2H3,(H,12,13). The number of nitrogens with zero attached hydrogens (tertiary/aromatic N) is 1. The van der Waals surface area contributed by atoms with Crippen LogP contribution in [0.5, 0.6) is 0 Å². The molecule has 6 nitrogen and oxygen atoms in total. The van der Waals surface area contributed by atoms with Gasteiger partial charge in [0.25, 0.3) is 5.69 Å². The normalized spacial score (nSPS) is 9.73. The van der Waals surface area contributed by atoms with Crippen LogP contribution in [0.15, 0.2) is 12.1 Å². The molecule has 15 heavy (non-hydrogen) atoms. The lowest BCUT2D eigenvalue weighted by atomic mass is 10.1. The largest absolute Gasteiger partial charge is 0.465 e. The summed E-state index contributed by atoms with van der Waals surface area (Å²) in [5.41, 5.74) is 1.05. The topological polar surface area (TPSA) is 92.5 Å². The van der Waals surface area contributed by atoms with E-state index in [2.05, 4.69) is 0 Å². The van der Waals surface area contributed by atoms with Gasteiger partial charge in [-0.25, -0.2) is 4.79 Å². The summed E-state index contributed by atoms with van der Waals surface area (Å²) in [7, 11) is 0. The maximum Gasteiger partial charge on any atom is 0.409 e. The number of aryl methyl sites for hydroxylation is 2. The number of carboxylic acid groups (broad SMARTS) is 1. The van der Waals surface area contributed by atoms with E-state index in [1.54, 1.807) is 19.9 Å². The van der Waals surface area contributed by atoms with Crippen LogP contribution in [0.2, 0.25) is 0 Å². The first-order chi connectivity index (χ1) is 6.91. The number of anilines is 1. The van der Waals surface area contributed by atoms with Gasteiger partial charge in [0.05, 0.1) is 4.92 Å². The van der Waals surface area contributed by atoms with E-state index in [9.17, 15) is 14.9 Å². The Morgan fingerprint density at radius 1 is 1.47 bits per heavy atom. The van der Waals surface area contributed by atoms with Gasteiger partial charge < -0.3 is 5.11 Å². The Bertz CT molecular complexity index is 428. The highest BCUT2D eigenvalue weighted by Crippen LogP contribution is 2.29. The Kier molecular flexibility index (Phi) is 2.89. The van der Waals surface area contributed by atoms with Gasteiger partial charge >= 0.3 is 6.09 Å². The van der Waals surface area contributed by atoms with E-state index in [4.69, 9.17) is 5.11 Å². The molecule has 0 aliphatic carbocycles. The third-order valence-electron chi connectivity index (χ3n) is 1.89. The second-order valence-electron chi connectivity index (χ2n) is 3.16. The summed E-state index contributed by atoms with van der Waals surface area (Å²) in [6, 6.07) is 3.01. The maximum absolute atomic E-state index is 10.7. The molecule has 0 atom stereocenters. The molecule has 2 N–H and O–H groups in total. The van der Waals surface area contributed by atoms with Crippen molar-refractivity contribution in [1.29, 1.82) is 0 Å². The Hall–Kier alpha value is -2.11. The van der Waals surface area contributed by atoms with Crippen LogP contribution in [0.25, 0.3) is 0 Å². The fourth-order valence-corrected chi connectivity index (χ4v) is 1.36. The highest BCUT2D eigenvalue weighted by atomic mass is 16.6. The van der Waals surface area contributed by atoms with Crippen LogP contribution in [0.4, 0.5) is 16.2 Å². The molecule has 0 radical (unpaired) electrons. The van der Waals surface area contributed by atoms with E-state index in [-0.39, 0.29) is 11.4 Å². The van der Waals surface area contributed by atoms with Gasteiger partial charge in [0.15, 0.2) is 0 Å². The average Bonchev–Trinajstić information content (AvgIpc) is 2.08. The number of carbonyl (C=O) groups is 1. The second kappa shape index (κ2) is 3.95. The van der Waals surface area contributed by atoms with Crippen LogP contribution < -0.4 is 5.32 Å². The second-order valence-corrected chi connectivity index (χ2v) is 3.16. The van der Waals surface area contributed by atoms with Crippen molar-refractivity contribution in [1.82, 2.24) is 0 Å². The zero-order valence-corrected chi connectivity index (χ0v) is 8.27. The van der Waals surface area contributed by atoms with Crippen molar-refractivity contribution in [2.45, 2.75) is 13.8 Å². The number of nitro benzene ring substituents is 1. The summed E-state index contributed by atoms with van der Waals surface area (Å²) in [6.45, 7) is 3.33. The predicted molar refractivity (Wildman–Crippen MR) is 54.2 cm³/mol. The number of nitro groups is 1. The van der Waals surface area contributed by atoms with Gasteiger partial charge in [0.1, 0.15) is 5.69 Å². The van der Waals surface area contributed by atoms with Gasteiger partial charge in [-0.15, -0.1) is 0 Å². The van der Waals surface area contributed by atoms with Crippen LogP contribution in [0, 0.1) is 24.0 Å². The molecule has 0 heterocycles.